The SMILES string of the molecule is CC/C=C\C/C=C\C/C=C\C/C=C\CCCCCCCCC(=O)OC(COCCCCCCCCCC/C=C\C/C=C\C/C=C\CC)COP(=O)(O)OCCN. The number of esters is 1. The fraction of sp³-hybridized carbons (Fsp3) is 0.681. The summed E-state index contributed by atoms with van der Waals surface area (Å²) in [5, 5.41) is 0. The van der Waals surface area contributed by atoms with E-state index in [0.717, 1.165) is 96.3 Å². The first-order valence-corrected chi connectivity index (χ1v) is 23.6. The summed E-state index contributed by atoms with van der Waals surface area (Å²) in [6.45, 7) is 4.64. The zero-order valence-electron chi connectivity index (χ0n) is 35.6. The fourth-order valence-electron chi connectivity index (χ4n) is 5.65. The van der Waals surface area contributed by atoms with E-state index in [1.54, 1.807) is 0 Å². The topological polar surface area (TPSA) is 117 Å². The number of unbranched alkanes of at least 4 members (excludes halogenated alkanes) is 14. The number of ether oxygens (including phenoxy) is 2. The van der Waals surface area contributed by atoms with Crippen molar-refractivity contribution < 1.29 is 32.8 Å². The molecule has 0 saturated heterocycles. The van der Waals surface area contributed by atoms with Crippen molar-refractivity contribution in [3.8, 4) is 0 Å². The minimum absolute atomic E-state index is 0.0917. The van der Waals surface area contributed by atoms with Gasteiger partial charge in [-0.15, -0.1) is 0 Å². The highest BCUT2D eigenvalue weighted by Gasteiger charge is 2.25. The molecule has 0 amide bonds. The van der Waals surface area contributed by atoms with Crippen LogP contribution in [0.25, 0.3) is 0 Å². The number of carbonyl (C=O) groups excluding carboxylic acids is 1. The van der Waals surface area contributed by atoms with Gasteiger partial charge in [-0.2, -0.15) is 0 Å². The minimum Gasteiger partial charge on any atom is -0.457 e. The Hall–Kier alpha value is -2.32. The van der Waals surface area contributed by atoms with Crippen molar-refractivity contribution in [2.75, 3.05) is 33.0 Å². The van der Waals surface area contributed by atoms with Crippen LogP contribution in [0, 0.1) is 0 Å². The molecule has 2 unspecified atom stereocenters. The number of phosphoric acid groups is 1. The molecule has 0 bridgehead atoms. The molecule has 0 radical (unpaired) electrons. The quantitative estimate of drug-likeness (QED) is 0.0272. The number of phosphoric ester groups is 1. The van der Waals surface area contributed by atoms with Crippen molar-refractivity contribution in [1.82, 2.24) is 0 Å². The summed E-state index contributed by atoms with van der Waals surface area (Å²) in [5.41, 5.74) is 5.37. The summed E-state index contributed by atoms with van der Waals surface area (Å²) < 4.78 is 33.4. The monoisotopic (exact) mass is 804 g/mol. The zero-order chi connectivity index (χ0) is 40.9. The van der Waals surface area contributed by atoms with E-state index in [-0.39, 0.29) is 32.3 Å². The highest BCUT2D eigenvalue weighted by atomic mass is 31.2. The van der Waals surface area contributed by atoms with Crippen molar-refractivity contribution in [2.24, 2.45) is 5.73 Å². The first-order chi connectivity index (χ1) is 27.4. The van der Waals surface area contributed by atoms with Gasteiger partial charge < -0.3 is 20.1 Å². The molecule has 0 saturated carbocycles. The zero-order valence-corrected chi connectivity index (χ0v) is 36.5. The summed E-state index contributed by atoms with van der Waals surface area (Å²) in [7, 11) is -4.29. The maximum Gasteiger partial charge on any atom is 0.472 e. The van der Waals surface area contributed by atoms with Gasteiger partial charge in [0.15, 0.2) is 0 Å². The Balaban J connectivity index is 4.08. The van der Waals surface area contributed by atoms with Gasteiger partial charge in [0.2, 0.25) is 0 Å². The summed E-state index contributed by atoms with van der Waals surface area (Å²) in [6, 6.07) is 0. The predicted octanol–water partition coefficient (Wildman–Crippen LogP) is 13.3. The average Bonchev–Trinajstić information content (AvgIpc) is 3.19. The van der Waals surface area contributed by atoms with Gasteiger partial charge in [0.25, 0.3) is 0 Å². The number of hydrogen-bond acceptors (Lipinski definition) is 7. The molecule has 2 atom stereocenters. The summed E-state index contributed by atoms with van der Waals surface area (Å²) >= 11 is 0. The van der Waals surface area contributed by atoms with Crippen molar-refractivity contribution in [3.63, 3.8) is 0 Å². The molecular weight excluding hydrogens is 721 g/mol. The van der Waals surface area contributed by atoms with Gasteiger partial charge in [-0.3, -0.25) is 13.8 Å². The third kappa shape index (κ3) is 42.8. The van der Waals surface area contributed by atoms with Crippen molar-refractivity contribution in [1.29, 1.82) is 0 Å². The Morgan fingerprint density at radius 1 is 0.536 bits per heavy atom. The van der Waals surface area contributed by atoms with E-state index >= 15 is 0 Å². The van der Waals surface area contributed by atoms with Crippen LogP contribution in [0.15, 0.2) is 85.1 Å². The van der Waals surface area contributed by atoms with E-state index in [4.69, 9.17) is 24.3 Å². The minimum atomic E-state index is -4.29. The smallest absolute Gasteiger partial charge is 0.457 e. The van der Waals surface area contributed by atoms with Gasteiger partial charge in [0.1, 0.15) is 6.10 Å². The van der Waals surface area contributed by atoms with E-state index in [1.807, 2.05) is 0 Å². The van der Waals surface area contributed by atoms with Crippen molar-refractivity contribution in [2.45, 2.75) is 174 Å². The lowest BCUT2D eigenvalue weighted by Crippen LogP contribution is -2.28. The number of hydrogen-bond donors (Lipinski definition) is 2. The molecule has 0 aromatic carbocycles. The number of allylic oxidation sites excluding steroid dienone is 14. The Kier molecular flexibility index (Phi) is 42.0. The second-order valence-electron chi connectivity index (χ2n) is 14.1. The van der Waals surface area contributed by atoms with E-state index in [9.17, 15) is 14.3 Å². The lowest BCUT2D eigenvalue weighted by molar-refractivity contribution is -0.154. The molecule has 0 aromatic heterocycles. The molecule has 322 valence electrons. The molecule has 0 aliphatic rings. The number of carbonyl (C=O) groups is 1. The molecule has 0 rings (SSSR count). The molecule has 0 aliphatic heterocycles. The van der Waals surface area contributed by atoms with E-state index < -0.39 is 13.9 Å². The number of nitrogens with two attached hydrogens (primary N) is 1. The Bertz CT molecular complexity index is 1130. The standard InChI is InChI=1S/C47H82NO7P/c1-3-5-7-9-11-13-15-17-19-21-23-24-26-28-30-32-34-36-38-40-47(49)55-46(45-54-56(50,51)53-43-41-48)44-52-42-39-37-35-33-31-29-27-25-22-20-18-16-14-12-10-8-6-4-2/h5-8,11-14,17-20,23-24,46H,3-4,9-10,15-16,21-22,25-45,48H2,1-2H3,(H,50,51)/b7-5-,8-6-,13-11-,14-12-,19-17-,20-18-,24-23-. The highest BCUT2D eigenvalue weighted by Crippen LogP contribution is 2.43. The Labute approximate surface area is 343 Å². The third-order valence-electron chi connectivity index (χ3n) is 8.81. The maximum absolute atomic E-state index is 12.6. The van der Waals surface area contributed by atoms with Crippen molar-refractivity contribution in [3.05, 3.63) is 85.1 Å². The summed E-state index contributed by atoms with van der Waals surface area (Å²) in [4.78, 5) is 22.5. The largest absolute Gasteiger partial charge is 0.472 e. The molecule has 0 spiro atoms. The van der Waals surface area contributed by atoms with Gasteiger partial charge in [-0.1, -0.05) is 163 Å². The van der Waals surface area contributed by atoms with Crippen LogP contribution in [0.3, 0.4) is 0 Å². The first-order valence-electron chi connectivity index (χ1n) is 22.1. The van der Waals surface area contributed by atoms with Crippen LogP contribution in [-0.4, -0.2) is 49.9 Å². The van der Waals surface area contributed by atoms with Gasteiger partial charge in [-0.25, -0.2) is 4.57 Å². The summed E-state index contributed by atoms with van der Waals surface area (Å²) in [6.07, 6.45) is 56.0. The maximum atomic E-state index is 12.6. The predicted molar refractivity (Wildman–Crippen MR) is 238 cm³/mol. The summed E-state index contributed by atoms with van der Waals surface area (Å²) in [5.74, 6) is -0.351. The molecule has 56 heavy (non-hydrogen) atoms. The van der Waals surface area contributed by atoms with Gasteiger partial charge in [-0.05, 0) is 83.5 Å². The molecule has 8 nitrogen and oxygen atoms in total. The lowest BCUT2D eigenvalue weighted by Gasteiger charge is -2.20. The van der Waals surface area contributed by atoms with Crippen LogP contribution in [0.2, 0.25) is 0 Å². The molecule has 3 N–H and O–H groups in total. The normalized spacial score (nSPS) is 14.3. The van der Waals surface area contributed by atoms with Crippen LogP contribution >= 0.6 is 7.82 Å². The van der Waals surface area contributed by atoms with E-state index in [0.29, 0.717) is 13.0 Å². The number of rotatable bonds is 41. The van der Waals surface area contributed by atoms with Crippen LogP contribution in [0.5, 0.6) is 0 Å². The average molecular weight is 804 g/mol. The molecule has 0 aromatic rings. The van der Waals surface area contributed by atoms with Gasteiger partial charge >= 0.3 is 13.8 Å². The van der Waals surface area contributed by atoms with E-state index in [1.165, 1.54) is 51.4 Å². The second kappa shape index (κ2) is 43.8. The molecule has 0 heterocycles. The molecule has 0 fully saturated rings. The van der Waals surface area contributed by atoms with Crippen LogP contribution in [-0.2, 0) is 27.9 Å². The molecule has 0 aliphatic carbocycles. The van der Waals surface area contributed by atoms with Crippen LogP contribution < -0.4 is 5.73 Å². The lowest BCUT2D eigenvalue weighted by atomic mass is 10.1. The second-order valence-corrected chi connectivity index (χ2v) is 15.6. The molecular formula is C47H82NO7P. The van der Waals surface area contributed by atoms with Crippen LogP contribution in [0.4, 0.5) is 0 Å². The van der Waals surface area contributed by atoms with Crippen molar-refractivity contribution >= 4 is 13.8 Å². The third-order valence-corrected chi connectivity index (χ3v) is 9.79. The van der Waals surface area contributed by atoms with Gasteiger partial charge in [0, 0.05) is 19.6 Å². The fourth-order valence-corrected chi connectivity index (χ4v) is 6.41. The molecule has 9 heteroatoms. The highest BCUT2D eigenvalue weighted by molar-refractivity contribution is 7.47. The van der Waals surface area contributed by atoms with Crippen LogP contribution in [0.1, 0.15) is 168 Å². The Morgan fingerprint density at radius 2 is 0.946 bits per heavy atom. The first kappa shape index (κ1) is 53.7. The Morgan fingerprint density at radius 3 is 1.41 bits per heavy atom. The van der Waals surface area contributed by atoms with Gasteiger partial charge in [0.05, 0.1) is 19.8 Å². The van der Waals surface area contributed by atoms with E-state index in [2.05, 4.69) is 98.9 Å².